The second kappa shape index (κ2) is 6.25. The van der Waals surface area contributed by atoms with E-state index in [1.807, 2.05) is 18.7 Å². The van der Waals surface area contributed by atoms with Crippen molar-refractivity contribution in [2.45, 2.75) is 25.8 Å². The molecule has 1 heterocycles. The summed E-state index contributed by atoms with van der Waals surface area (Å²) in [5.74, 6) is 0. The van der Waals surface area contributed by atoms with Crippen LogP contribution in [0.1, 0.15) is 31.5 Å². The predicted molar refractivity (Wildman–Crippen MR) is 63.6 cm³/mol. The summed E-state index contributed by atoms with van der Waals surface area (Å²) in [7, 11) is 1.91. The van der Waals surface area contributed by atoms with Crippen LogP contribution in [0.2, 0.25) is 0 Å². The van der Waals surface area contributed by atoms with Gasteiger partial charge in [0.15, 0.2) is 0 Å². The molecule has 0 saturated heterocycles. The topological polar surface area (TPSA) is 53.1 Å². The van der Waals surface area contributed by atoms with E-state index in [1.54, 1.807) is 6.20 Å². The van der Waals surface area contributed by atoms with E-state index in [4.69, 9.17) is 10.5 Å². The molecule has 0 amide bonds. The van der Waals surface area contributed by atoms with E-state index in [9.17, 15) is 0 Å². The zero-order valence-electron chi connectivity index (χ0n) is 9.24. The third-order valence-electron chi connectivity index (χ3n) is 2.30. The molecule has 0 fully saturated rings. The van der Waals surface area contributed by atoms with Crippen LogP contribution < -0.4 is 5.73 Å². The number of hydrogen-bond donors (Lipinski definition) is 1. The minimum absolute atomic E-state index is 0.0207. The van der Waals surface area contributed by atoms with Gasteiger partial charge in [0.1, 0.15) is 0 Å². The van der Waals surface area contributed by atoms with E-state index in [1.165, 1.54) is 0 Å². The Morgan fingerprint density at radius 3 is 2.93 bits per heavy atom. The molecular formula is C10H18BrN3O. The zero-order chi connectivity index (χ0) is 11.3. The first-order chi connectivity index (χ1) is 7.16. The average Bonchev–Trinajstić information content (AvgIpc) is 2.53. The van der Waals surface area contributed by atoms with Gasteiger partial charge in [-0.05, 0) is 35.7 Å². The maximum Gasteiger partial charge on any atom is 0.0690 e. The molecule has 1 rings (SSSR count). The third kappa shape index (κ3) is 3.59. The molecule has 0 spiro atoms. The van der Waals surface area contributed by atoms with Crippen molar-refractivity contribution in [2.75, 3.05) is 13.2 Å². The minimum Gasteiger partial charge on any atom is -0.382 e. The second-order valence-electron chi connectivity index (χ2n) is 3.45. The summed E-state index contributed by atoms with van der Waals surface area (Å²) in [5.41, 5.74) is 7.12. The van der Waals surface area contributed by atoms with E-state index in [-0.39, 0.29) is 6.04 Å². The number of ether oxygens (including phenoxy) is 1. The largest absolute Gasteiger partial charge is 0.382 e. The van der Waals surface area contributed by atoms with Crippen molar-refractivity contribution in [2.24, 2.45) is 12.8 Å². The summed E-state index contributed by atoms with van der Waals surface area (Å²) in [6.45, 7) is 3.54. The van der Waals surface area contributed by atoms with Crippen molar-refractivity contribution in [1.82, 2.24) is 9.78 Å². The van der Waals surface area contributed by atoms with Crippen LogP contribution in [-0.2, 0) is 11.8 Å². The summed E-state index contributed by atoms with van der Waals surface area (Å²) in [4.78, 5) is 0. The highest BCUT2D eigenvalue weighted by molar-refractivity contribution is 9.10. The van der Waals surface area contributed by atoms with Crippen LogP contribution in [-0.4, -0.2) is 23.0 Å². The lowest BCUT2D eigenvalue weighted by molar-refractivity contribution is 0.141. The summed E-state index contributed by atoms with van der Waals surface area (Å²) < 4.78 is 8.07. The molecule has 0 saturated carbocycles. The van der Waals surface area contributed by atoms with Crippen molar-refractivity contribution in [3.05, 3.63) is 16.4 Å². The molecular weight excluding hydrogens is 258 g/mol. The van der Waals surface area contributed by atoms with Gasteiger partial charge in [0.05, 0.1) is 16.4 Å². The molecule has 0 aliphatic carbocycles. The van der Waals surface area contributed by atoms with Gasteiger partial charge in [0.25, 0.3) is 0 Å². The van der Waals surface area contributed by atoms with Gasteiger partial charge in [-0.3, -0.25) is 4.68 Å². The van der Waals surface area contributed by atoms with E-state index in [2.05, 4.69) is 21.0 Å². The van der Waals surface area contributed by atoms with Gasteiger partial charge >= 0.3 is 0 Å². The van der Waals surface area contributed by atoms with E-state index in [0.29, 0.717) is 0 Å². The van der Waals surface area contributed by atoms with Crippen molar-refractivity contribution in [3.63, 3.8) is 0 Å². The fraction of sp³-hybridized carbons (Fsp3) is 0.700. The number of halogens is 1. The Balaban J connectivity index is 2.43. The summed E-state index contributed by atoms with van der Waals surface area (Å²) in [5, 5.41) is 4.14. The summed E-state index contributed by atoms with van der Waals surface area (Å²) in [6.07, 6.45) is 3.67. The Hall–Kier alpha value is -0.390. The van der Waals surface area contributed by atoms with Crippen molar-refractivity contribution < 1.29 is 4.74 Å². The maximum atomic E-state index is 6.08. The molecule has 0 aromatic carbocycles. The van der Waals surface area contributed by atoms with Crippen molar-refractivity contribution in [1.29, 1.82) is 0 Å². The van der Waals surface area contributed by atoms with Gasteiger partial charge < -0.3 is 10.5 Å². The maximum absolute atomic E-state index is 6.08. The Kier molecular flexibility index (Phi) is 5.28. The van der Waals surface area contributed by atoms with Crippen LogP contribution in [0.4, 0.5) is 0 Å². The predicted octanol–water partition coefficient (Wildman–Crippen LogP) is 2.00. The molecule has 15 heavy (non-hydrogen) atoms. The van der Waals surface area contributed by atoms with Gasteiger partial charge in [-0.25, -0.2) is 0 Å². The molecule has 5 heteroatoms. The molecule has 1 aromatic rings. The van der Waals surface area contributed by atoms with Crippen molar-refractivity contribution in [3.8, 4) is 0 Å². The molecule has 1 aromatic heterocycles. The number of rotatable bonds is 6. The van der Waals surface area contributed by atoms with Gasteiger partial charge in [0.2, 0.25) is 0 Å². The van der Waals surface area contributed by atoms with E-state index >= 15 is 0 Å². The molecule has 86 valence electrons. The van der Waals surface area contributed by atoms with Crippen LogP contribution in [0.15, 0.2) is 10.7 Å². The highest BCUT2D eigenvalue weighted by atomic mass is 79.9. The average molecular weight is 276 g/mol. The Bertz CT molecular complexity index is 281. The first-order valence-corrected chi connectivity index (χ1v) is 5.96. The van der Waals surface area contributed by atoms with Gasteiger partial charge in [-0.2, -0.15) is 5.10 Å². The fourth-order valence-electron chi connectivity index (χ4n) is 1.52. The fourth-order valence-corrected chi connectivity index (χ4v) is 2.17. The molecule has 0 aliphatic rings. The Labute approximate surface area is 98.9 Å². The lowest BCUT2D eigenvalue weighted by Gasteiger charge is -2.12. The quantitative estimate of drug-likeness (QED) is 0.808. The Morgan fingerprint density at radius 2 is 2.40 bits per heavy atom. The monoisotopic (exact) mass is 275 g/mol. The highest BCUT2D eigenvalue weighted by Crippen LogP contribution is 2.23. The molecule has 0 radical (unpaired) electrons. The lowest BCUT2D eigenvalue weighted by Crippen LogP contribution is -2.15. The smallest absolute Gasteiger partial charge is 0.0690 e. The van der Waals surface area contributed by atoms with Crippen LogP contribution in [0.25, 0.3) is 0 Å². The number of nitrogens with zero attached hydrogens (tertiary/aromatic N) is 2. The van der Waals surface area contributed by atoms with Crippen LogP contribution in [0.3, 0.4) is 0 Å². The molecule has 1 atom stereocenters. The van der Waals surface area contributed by atoms with Gasteiger partial charge in [-0.1, -0.05) is 0 Å². The first-order valence-electron chi connectivity index (χ1n) is 5.17. The van der Waals surface area contributed by atoms with Gasteiger partial charge in [0, 0.05) is 26.3 Å². The third-order valence-corrected chi connectivity index (χ3v) is 2.91. The van der Waals surface area contributed by atoms with Gasteiger partial charge in [-0.15, -0.1) is 0 Å². The number of aromatic nitrogens is 2. The standard InChI is InChI=1S/C10H18BrN3O/c1-3-15-6-4-5-9(12)10-8(11)7-13-14(10)2/h7,9H,3-6,12H2,1-2H3. The number of hydrogen-bond acceptors (Lipinski definition) is 3. The van der Waals surface area contributed by atoms with Crippen LogP contribution in [0, 0.1) is 0 Å². The molecule has 2 N–H and O–H groups in total. The SMILES string of the molecule is CCOCCCC(N)c1c(Br)cnn1C. The molecule has 4 nitrogen and oxygen atoms in total. The highest BCUT2D eigenvalue weighted by Gasteiger charge is 2.14. The zero-order valence-corrected chi connectivity index (χ0v) is 10.8. The van der Waals surface area contributed by atoms with Crippen LogP contribution in [0.5, 0.6) is 0 Å². The molecule has 1 unspecified atom stereocenters. The molecule has 0 bridgehead atoms. The first kappa shape index (κ1) is 12.7. The van der Waals surface area contributed by atoms with Crippen LogP contribution >= 0.6 is 15.9 Å². The van der Waals surface area contributed by atoms with E-state index in [0.717, 1.165) is 36.2 Å². The Morgan fingerprint density at radius 1 is 1.67 bits per heavy atom. The summed E-state index contributed by atoms with van der Waals surface area (Å²) >= 11 is 3.45. The van der Waals surface area contributed by atoms with Crippen molar-refractivity contribution >= 4 is 15.9 Å². The lowest BCUT2D eigenvalue weighted by atomic mass is 10.1. The molecule has 0 aliphatic heterocycles. The normalized spacial score (nSPS) is 13.1. The number of aryl methyl sites for hydroxylation is 1. The summed E-state index contributed by atoms with van der Waals surface area (Å²) in [6, 6.07) is 0.0207. The van der Waals surface area contributed by atoms with E-state index < -0.39 is 0 Å². The number of nitrogens with two attached hydrogens (primary N) is 1. The second-order valence-corrected chi connectivity index (χ2v) is 4.30. The minimum atomic E-state index is 0.0207.